The van der Waals surface area contributed by atoms with E-state index in [1.807, 2.05) is 6.92 Å². The lowest BCUT2D eigenvalue weighted by Gasteiger charge is -2.09. The number of anilines is 1. The first-order chi connectivity index (χ1) is 15.3. The topological polar surface area (TPSA) is 84.2 Å². The molecule has 2 N–H and O–H groups in total. The summed E-state index contributed by atoms with van der Waals surface area (Å²) in [5, 5.41) is 12.5. The summed E-state index contributed by atoms with van der Waals surface area (Å²) < 4.78 is 14.6. The fraction of sp³-hybridized carbons (Fsp3) is 0.0870. The van der Waals surface area contributed by atoms with Crippen LogP contribution >= 0.6 is 23.2 Å². The lowest BCUT2D eigenvalue weighted by Crippen LogP contribution is -2.22. The average Bonchev–Trinajstić information content (AvgIpc) is 2.75. The van der Waals surface area contributed by atoms with E-state index >= 15 is 0 Å². The Hall–Kier alpha value is -3.42. The van der Waals surface area contributed by atoms with Gasteiger partial charge in [0.25, 0.3) is 5.56 Å². The summed E-state index contributed by atoms with van der Waals surface area (Å²) in [6.45, 7) is 2.06. The minimum absolute atomic E-state index is 0.0473. The van der Waals surface area contributed by atoms with E-state index in [0.29, 0.717) is 38.6 Å². The van der Waals surface area contributed by atoms with Gasteiger partial charge < -0.3 is 10.4 Å². The molecule has 0 atom stereocenters. The van der Waals surface area contributed by atoms with Crippen LogP contribution in [0.4, 0.5) is 10.1 Å². The minimum Gasteiger partial charge on any atom is -0.505 e. The third kappa shape index (κ3) is 5.43. The molecule has 6 nitrogen and oxygen atoms in total. The van der Waals surface area contributed by atoms with Crippen molar-refractivity contribution >= 4 is 46.2 Å². The number of nitrogens with one attached hydrogen (secondary N) is 1. The number of halogens is 3. The SMILES string of the molecule is Cc1cc(Cl)c(O)c(Cl)c1.O=CNc1cccc2ncn(Cc3cccc(F)c3)c(=O)c12. The van der Waals surface area contributed by atoms with Crippen LogP contribution in [0, 0.1) is 12.7 Å². The van der Waals surface area contributed by atoms with Gasteiger partial charge in [-0.3, -0.25) is 14.2 Å². The molecular weight excluding hydrogens is 456 g/mol. The normalized spacial score (nSPS) is 10.4. The zero-order chi connectivity index (χ0) is 23.3. The number of aryl methyl sites for hydroxylation is 1. The van der Waals surface area contributed by atoms with Crippen LogP contribution in [0.15, 0.2) is 65.7 Å². The number of aromatic nitrogens is 2. The number of hydrogen-bond donors (Lipinski definition) is 2. The summed E-state index contributed by atoms with van der Waals surface area (Å²) >= 11 is 11.2. The predicted octanol–water partition coefficient (Wildman–Crippen LogP) is 5.16. The third-order valence-electron chi connectivity index (χ3n) is 4.47. The van der Waals surface area contributed by atoms with Gasteiger partial charge in [-0.05, 0) is 54.4 Å². The fourth-order valence-electron chi connectivity index (χ4n) is 3.02. The third-order valence-corrected chi connectivity index (χ3v) is 5.05. The van der Waals surface area contributed by atoms with Gasteiger partial charge in [0.1, 0.15) is 5.82 Å². The monoisotopic (exact) mass is 473 g/mol. The van der Waals surface area contributed by atoms with Crippen LogP contribution in [-0.2, 0) is 11.3 Å². The number of rotatable bonds is 4. The van der Waals surface area contributed by atoms with E-state index in [1.165, 1.54) is 23.0 Å². The molecule has 4 rings (SSSR count). The summed E-state index contributed by atoms with van der Waals surface area (Å²) in [5.41, 5.74) is 2.20. The van der Waals surface area contributed by atoms with E-state index in [-0.39, 0.29) is 23.7 Å². The molecule has 1 amide bonds. The lowest BCUT2D eigenvalue weighted by atomic mass is 10.2. The summed E-state index contributed by atoms with van der Waals surface area (Å²) in [4.78, 5) is 27.5. The van der Waals surface area contributed by atoms with Gasteiger partial charge >= 0.3 is 0 Å². The molecule has 9 heteroatoms. The molecule has 32 heavy (non-hydrogen) atoms. The molecule has 0 aliphatic heterocycles. The van der Waals surface area contributed by atoms with E-state index in [2.05, 4.69) is 10.3 Å². The zero-order valence-electron chi connectivity index (χ0n) is 16.8. The Morgan fingerprint density at radius 2 is 1.81 bits per heavy atom. The van der Waals surface area contributed by atoms with E-state index in [0.717, 1.165) is 5.56 Å². The zero-order valence-corrected chi connectivity index (χ0v) is 18.4. The molecule has 3 aromatic carbocycles. The average molecular weight is 474 g/mol. The highest BCUT2D eigenvalue weighted by Crippen LogP contribution is 2.32. The maximum atomic E-state index is 13.2. The van der Waals surface area contributed by atoms with Gasteiger partial charge in [0.2, 0.25) is 6.41 Å². The van der Waals surface area contributed by atoms with Crippen LogP contribution < -0.4 is 10.9 Å². The number of nitrogens with zero attached hydrogens (tertiary/aromatic N) is 2. The Bertz CT molecular complexity index is 1320. The Balaban J connectivity index is 0.000000243. The second kappa shape index (κ2) is 10.3. The predicted molar refractivity (Wildman–Crippen MR) is 124 cm³/mol. The van der Waals surface area contributed by atoms with Crippen molar-refractivity contribution in [3.8, 4) is 5.75 Å². The Kier molecular flexibility index (Phi) is 7.45. The highest BCUT2D eigenvalue weighted by atomic mass is 35.5. The van der Waals surface area contributed by atoms with Crippen LogP contribution in [-0.4, -0.2) is 21.1 Å². The van der Waals surface area contributed by atoms with Crippen molar-refractivity contribution in [3.05, 3.63) is 98.3 Å². The molecule has 0 saturated heterocycles. The molecule has 0 bridgehead atoms. The van der Waals surface area contributed by atoms with Gasteiger partial charge in [-0.25, -0.2) is 9.37 Å². The molecule has 0 unspecified atom stereocenters. The summed E-state index contributed by atoms with van der Waals surface area (Å²) in [6, 6.07) is 14.4. The van der Waals surface area contributed by atoms with Crippen molar-refractivity contribution in [2.75, 3.05) is 5.32 Å². The minimum atomic E-state index is -0.359. The number of amides is 1. The van der Waals surface area contributed by atoms with Crippen LogP contribution in [0.25, 0.3) is 10.9 Å². The first-order valence-corrected chi connectivity index (χ1v) is 10.1. The summed E-state index contributed by atoms with van der Waals surface area (Å²) in [5.74, 6) is -0.406. The Labute approximate surface area is 192 Å². The molecule has 0 saturated carbocycles. The number of aromatic hydroxyl groups is 1. The number of hydrogen-bond acceptors (Lipinski definition) is 4. The van der Waals surface area contributed by atoms with Crippen molar-refractivity contribution in [2.24, 2.45) is 0 Å². The maximum Gasteiger partial charge on any atom is 0.263 e. The number of phenols is 1. The van der Waals surface area contributed by atoms with E-state index in [9.17, 15) is 14.0 Å². The largest absolute Gasteiger partial charge is 0.505 e. The molecule has 4 aromatic rings. The number of phenolic OH excluding ortho intramolecular Hbond substituents is 1. The van der Waals surface area contributed by atoms with Crippen LogP contribution in [0.1, 0.15) is 11.1 Å². The standard InChI is InChI=1S/C16H12FN3O2.C7H6Cl2O/c17-12-4-1-3-11(7-12)8-20-9-18-13-5-2-6-14(19-10-21)15(13)16(20)22;1-4-2-5(8)7(10)6(9)3-4/h1-7,9-10H,8H2,(H,19,21);2-3,10H,1H3. The van der Waals surface area contributed by atoms with E-state index < -0.39 is 0 Å². The summed E-state index contributed by atoms with van der Waals surface area (Å²) in [7, 11) is 0. The Morgan fingerprint density at radius 3 is 2.47 bits per heavy atom. The second-order valence-corrected chi connectivity index (χ2v) is 7.66. The molecule has 1 aromatic heterocycles. The van der Waals surface area contributed by atoms with E-state index in [4.69, 9.17) is 28.3 Å². The molecule has 0 aliphatic carbocycles. The maximum absolute atomic E-state index is 13.2. The molecule has 1 heterocycles. The smallest absolute Gasteiger partial charge is 0.263 e. The van der Waals surface area contributed by atoms with Crippen molar-refractivity contribution in [1.29, 1.82) is 0 Å². The lowest BCUT2D eigenvalue weighted by molar-refractivity contribution is -0.105. The van der Waals surface area contributed by atoms with E-state index in [1.54, 1.807) is 42.5 Å². The molecule has 164 valence electrons. The van der Waals surface area contributed by atoms with Crippen molar-refractivity contribution in [3.63, 3.8) is 0 Å². The molecule has 0 fully saturated rings. The van der Waals surface area contributed by atoms with Crippen LogP contribution in [0.3, 0.4) is 0 Å². The second-order valence-electron chi connectivity index (χ2n) is 6.85. The van der Waals surface area contributed by atoms with Crippen molar-refractivity contribution in [2.45, 2.75) is 13.5 Å². The van der Waals surface area contributed by atoms with Gasteiger partial charge in [0.15, 0.2) is 5.75 Å². The molecule has 0 spiro atoms. The van der Waals surface area contributed by atoms with Crippen molar-refractivity contribution in [1.82, 2.24) is 9.55 Å². The highest BCUT2D eigenvalue weighted by molar-refractivity contribution is 6.37. The van der Waals surface area contributed by atoms with Gasteiger partial charge in [-0.2, -0.15) is 0 Å². The first kappa shape index (κ1) is 23.2. The first-order valence-electron chi connectivity index (χ1n) is 9.37. The molecule has 0 aliphatic rings. The van der Waals surface area contributed by atoms with Crippen LogP contribution in [0.2, 0.25) is 10.0 Å². The number of carbonyl (C=O) groups excluding carboxylic acids is 1. The number of fused-ring (bicyclic) bond motifs is 1. The summed E-state index contributed by atoms with van der Waals surface area (Å²) in [6.07, 6.45) is 1.93. The van der Waals surface area contributed by atoms with Gasteiger partial charge in [0.05, 0.1) is 39.5 Å². The number of carbonyl (C=O) groups is 1. The van der Waals surface area contributed by atoms with Gasteiger partial charge in [-0.1, -0.05) is 41.4 Å². The van der Waals surface area contributed by atoms with Crippen LogP contribution in [0.5, 0.6) is 5.75 Å². The fourth-order valence-corrected chi connectivity index (χ4v) is 3.62. The number of benzene rings is 3. The molecule has 0 radical (unpaired) electrons. The van der Waals surface area contributed by atoms with Gasteiger partial charge in [-0.15, -0.1) is 0 Å². The van der Waals surface area contributed by atoms with Crippen molar-refractivity contribution < 1.29 is 14.3 Å². The van der Waals surface area contributed by atoms with Gasteiger partial charge in [0, 0.05) is 0 Å². The Morgan fingerprint density at radius 1 is 1.12 bits per heavy atom. The highest BCUT2D eigenvalue weighted by Gasteiger charge is 2.09. The quantitative estimate of drug-likeness (QED) is 0.401. The molecular formula is C23H18Cl2FN3O3.